The van der Waals surface area contributed by atoms with Gasteiger partial charge in [0.15, 0.2) is 11.0 Å². The summed E-state index contributed by atoms with van der Waals surface area (Å²) in [6.45, 7) is 8.35. The monoisotopic (exact) mass is 534 g/mol. The molecule has 1 aromatic carbocycles. The van der Waals surface area contributed by atoms with Gasteiger partial charge < -0.3 is 10.1 Å². The number of allylic oxidation sites excluding steroid dienone is 1. The highest BCUT2D eigenvalue weighted by Crippen LogP contribution is 2.30. The second-order valence-corrected chi connectivity index (χ2v) is 9.57. The third-order valence-corrected chi connectivity index (χ3v) is 7.03. The number of thiophene rings is 1. The van der Waals surface area contributed by atoms with Crippen LogP contribution in [0, 0.1) is 0 Å². The Balaban J connectivity index is 1.73. The number of nitrogens with zero attached hydrogens (tertiary/aromatic N) is 3. The van der Waals surface area contributed by atoms with Crippen molar-refractivity contribution in [3.05, 3.63) is 57.9 Å². The van der Waals surface area contributed by atoms with E-state index >= 15 is 0 Å². The summed E-state index contributed by atoms with van der Waals surface area (Å²) < 4.78 is 8.00. The van der Waals surface area contributed by atoms with E-state index in [1.807, 2.05) is 35.8 Å². The van der Waals surface area contributed by atoms with E-state index in [9.17, 15) is 9.59 Å². The molecule has 0 bridgehead atoms. The first-order valence-electron chi connectivity index (χ1n) is 9.99. The average Bonchev–Trinajstić information content (AvgIpc) is 3.37. The molecule has 0 unspecified atom stereocenters. The van der Waals surface area contributed by atoms with Gasteiger partial charge in [0.2, 0.25) is 5.91 Å². The lowest BCUT2D eigenvalue weighted by Crippen LogP contribution is -2.16. The highest BCUT2D eigenvalue weighted by Gasteiger charge is 2.20. The predicted octanol–water partition coefficient (Wildman–Crippen LogP) is 5.43. The molecule has 0 saturated heterocycles. The number of ether oxygens (including phenoxy) is 1. The first kappa shape index (κ1) is 24.2. The summed E-state index contributed by atoms with van der Waals surface area (Å²) in [5.74, 6) is 0.160. The van der Waals surface area contributed by atoms with Crippen LogP contribution in [0.1, 0.15) is 29.1 Å². The number of esters is 1. The van der Waals surface area contributed by atoms with Gasteiger partial charge in [-0.2, -0.15) is 0 Å². The normalized spacial score (nSPS) is 10.7. The number of hydrogen-bond donors (Lipinski definition) is 1. The van der Waals surface area contributed by atoms with Gasteiger partial charge in [0.1, 0.15) is 5.00 Å². The first-order chi connectivity index (χ1) is 15.5. The highest BCUT2D eigenvalue weighted by molar-refractivity contribution is 9.10. The summed E-state index contributed by atoms with van der Waals surface area (Å²) in [5, 5.41) is 12.5. The number of thioether (sulfide) groups is 1. The predicted molar refractivity (Wildman–Crippen MR) is 132 cm³/mol. The van der Waals surface area contributed by atoms with E-state index in [4.69, 9.17) is 4.74 Å². The van der Waals surface area contributed by atoms with Crippen LogP contribution < -0.4 is 5.32 Å². The Labute approximate surface area is 203 Å². The number of carbonyl (C=O) groups excluding carboxylic acids is 2. The fraction of sp³-hybridized carbons (Fsp3) is 0.273. The summed E-state index contributed by atoms with van der Waals surface area (Å²) in [6.07, 6.45) is 2.53. The molecular formula is C22H23BrN4O3S2. The second kappa shape index (κ2) is 11.4. The zero-order chi connectivity index (χ0) is 23.1. The molecule has 0 aliphatic heterocycles. The Morgan fingerprint density at radius 1 is 1.28 bits per heavy atom. The smallest absolute Gasteiger partial charge is 0.341 e. The van der Waals surface area contributed by atoms with Gasteiger partial charge in [-0.1, -0.05) is 52.8 Å². The molecule has 1 amide bonds. The summed E-state index contributed by atoms with van der Waals surface area (Å²) >= 11 is 6.10. The largest absolute Gasteiger partial charge is 0.462 e. The van der Waals surface area contributed by atoms with Gasteiger partial charge in [-0.15, -0.1) is 28.1 Å². The van der Waals surface area contributed by atoms with Crippen LogP contribution in [0.2, 0.25) is 0 Å². The summed E-state index contributed by atoms with van der Waals surface area (Å²) in [4.78, 5) is 25.9. The van der Waals surface area contributed by atoms with Crippen LogP contribution in [-0.2, 0) is 22.5 Å². The van der Waals surface area contributed by atoms with E-state index in [-0.39, 0.29) is 18.3 Å². The van der Waals surface area contributed by atoms with Crippen molar-refractivity contribution in [1.29, 1.82) is 0 Å². The van der Waals surface area contributed by atoms with Crippen molar-refractivity contribution < 1.29 is 14.3 Å². The minimum absolute atomic E-state index is 0.122. The third-order valence-electron chi connectivity index (χ3n) is 4.34. The molecule has 0 spiro atoms. The molecule has 0 aliphatic rings. The third kappa shape index (κ3) is 5.87. The van der Waals surface area contributed by atoms with E-state index in [1.54, 1.807) is 19.1 Å². The van der Waals surface area contributed by atoms with Gasteiger partial charge in [-0.3, -0.25) is 9.36 Å². The van der Waals surface area contributed by atoms with Crippen molar-refractivity contribution in [3.8, 4) is 11.4 Å². The number of halogens is 1. The van der Waals surface area contributed by atoms with E-state index in [2.05, 4.69) is 38.0 Å². The lowest BCUT2D eigenvalue weighted by Gasteiger charge is -2.08. The number of aryl methyl sites for hydroxylation is 1. The maximum absolute atomic E-state index is 12.6. The van der Waals surface area contributed by atoms with Crippen LogP contribution in [0.4, 0.5) is 5.00 Å². The topological polar surface area (TPSA) is 86.1 Å². The van der Waals surface area contributed by atoms with E-state index < -0.39 is 5.97 Å². The van der Waals surface area contributed by atoms with Crippen LogP contribution in [0.3, 0.4) is 0 Å². The lowest BCUT2D eigenvalue weighted by atomic mass is 10.2. The fourth-order valence-corrected chi connectivity index (χ4v) is 4.88. The van der Waals surface area contributed by atoms with Crippen molar-refractivity contribution in [3.63, 3.8) is 0 Å². The Morgan fingerprint density at radius 2 is 2.03 bits per heavy atom. The molecule has 0 atom stereocenters. The number of hydrogen-bond acceptors (Lipinski definition) is 7. The molecule has 10 heteroatoms. The maximum atomic E-state index is 12.6. The van der Waals surface area contributed by atoms with Crippen molar-refractivity contribution in [2.24, 2.45) is 0 Å². The van der Waals surface area contributed by atoms with Gasteiger partial charge in [0.25, 0.3) is 0 Å². The molecule has 32 heavy (non-hydrogen) atoms. The molecule has 0 fully saturated rings. The molecular weight excluding hydrogens is 512 g/mol. The molecule has 0 saturated carbocycles. The molecule has 0 aliphatic carbocycles. The molecule has 3 aromatic rings. The first-order valence-corrected chi connectivity index (χ1v) is 12.6. The fourth-order valence-electron chi connectivity index (χ4n) is 2.86. The SMILES string of the molecule is C=CCn1c(SCC(=O)Nc2sc(CC)cc2C(=O)OCC)nnc1-c1ccc(Br)cc1. The van der Waals surface area contributed by atoms with E-state index in [1.165, 1.54) is 23.1 Å². The molecule has 7 nitrogen and oxygen atoms in total. The van der Waals surface area contributed by atoms with Crippen LogP contribution in [0.5, 0.6) is 0 Å². The van der Waals surface area contributed by atoms with E-state index in [0.717, 1.165) is 21.3 Å². The minimum atomic E-state index is -0.434. The standard InChI is InChI=1S/C22H23BrN4O3S2/c1-4-11-27-19(14-7-9-15(23)10-8-14)25-26-22(27)31-13-18(28)24-20-17(21(29)30-6-3)12-16(5-2)32-20/h4,7-10,12H,1,5-6,11,13H2,2-3H3,(H,24,28). The van der Waals surface area contributed by atoms with Crippen molar-refractivity contribution in [2.75, 3.05) is 17.7 Å². The van der Waals surface area contributed by atoms with Crippen molar-refractivity contribution in [2.45, 2.75) is 32.0 Å². The van der Waals surface area contributed by atoms with Gasteiger partial charge in [0.05, 0.1) is 17.9 Å². The minimum Gasteiger partial charge on any atom is -0.462 e. The molecule has 3 rings (SSSR count). The second-order valence-electron chi connectivity index (χ2n) is 6.58. The Morgan fingerprint density at radius 3 is 2.69 bits per heavy atom. The Hall–Kier alpha value is -2.43. The molecule has 2 heterocycles. The highest BCUT2D eigenvalue weighted by atomic mass is 79.9. The number of carbonyl (C=O) groups is 2. The van der Waals surface area contributed by atoms with Crippen LogP contribution in [0.25, 0.3) is 11.4 Å². The van der Waals surface area contributed by atoms with Gasteiger partial charge in [0, 0.05) is 21.5 Å². The number of aromatic nitrogens is 3. The number of nitrogens with one attached hydrogen (secondary N) is 1. The summed E-state index contributed by atoms with van der Waals surface area (Å²) in [7, 11) is 0. The molecule has 0 radical (unpaired) electrons. The van der Waals surface area contributed by atoms with Gasteiger partial charge in [-0.05, 0) is 31.5 Å². The number of amides is 1. The van der Waals surface area contributed by atoms with Crippen LogP contribution in [0.15, 0.2) is 52.6 Å². The summed E-state index contributed by atoms with van der Waals surface area (Å²) in [5.41, 5.74) is 1.31. The van der Waals surface area contributed by atoms with Crippen LogP contribution in [-0.4, -0.2) is 39.0 Å². The average molecular weight is 535 g/mol. The molecule has 168 valence electrons. The quantitative estimate of drug-likeness (QED) is 0.212. The van der Waals surface area contributed by atoms with Crippen molar-refractivity contribution in [1.82, 2.24) is 14.8 Å². The van der Waals surface area contributed by atoms with Gasteiger partial charge in [-0.25, -0.2) is 4.79 Å². The maximum Gasteiger partial charge on any atom is 0.341 e. The van der Waals surface area contributed by atoms with Crippen LogP contribution >= 0.6 is 39.0 Å². The molecule has 2 aromatic heterocycles. The molecule has 1 N–H and O–H groups in total. The Kier molecular flexibility index (Phi) is 8.66. The lowest BCUT2D eigenvalue weighted by molar-refractivity contribution is -0.113. The van der Waals surface area contributed by atoms with E-state index in [0.29, 0.717) is 28.1 Å². The number of rotatable bonds is 10. The Bertz CT molecular complexity index is 1110. The number of benzene rings is 1. The van der Waals surface area contributed by atoms with Gasteiger partial charge >= 0.3 is 5.97 Å². The summed E-state index contributed by atoms with van der Waals surface area (Å²) in [6, 6.07) is 9.56. The zero-order valence-electron chi connectivity index (χ0n) is 17.8. The number of anilines is 1. The zero-order valence-corrected chi connectivity index (χ0v) is 21.0. The van der Waals surface area contributed by atoms with Crippen molar-refractivity contribution >= 4 is 55.9 Å².